The molecule has 0 spiro atoms. The molecule has 1 heterocycles. The number of nitrogens with one attached hydrogen (secondary N) is 3. The van der Waals surface area contributed by atoms with E-state index in [1.54, 1.807) is 84.9 Å². The van der Waals surface area contributed by atoms with E-state index >= 15 is 0 Å². The fourth-order valence-electron chi connectivity index (χ4n) is 4.19. The van der Waals surface area contributed by atoms with Crippen LogP contribution in [0.2, 0.25) is 5.02 Å². The van der Waals surface area contributed by atoms with Crippen molar-refractivity contribution >= 4 is 69.3 Å². The summed E-state index contributed by atoms with van der Waals surface area (Å²) in [5.41, 5.74) is 3.36. The molecule has 1 aromatic heterocycles. The molecule has 0 atom stereocenters. The molecule has 5 aromatic rings. The first kappa shape index (κ1) is 32.5. The van der Waals surface area contributed by atoms with Crippen LogP contribution in [0.4, 0.5) is 10.8 Å². The van der Waals surface area contributed by atoms with Crippen LogP contribution in [-0.4, -0.2) is 35.1 Å². The third-order valence-electron chi connectivity index (χ3n) is 6.38. The number of hydrogen-bond acceptors (Lipinski definition) is 7. The number of hydrogen-bond donors (Lipinski definition) is 3. The number of ether oxygens (including phenoxy) is 1. The summed E-state index contributed by atoms with van der Waals surface area (Å²) < 4.78 is 5.51. The maximum atomic E-state index is 13.5. The topological polar surface area (TPSA) is 109 Å². The molecular weight excluding hydrogens is 640 g/mol. The molecule has 0 saturated heterocycles. The number of thioether (sulfide) groups is 1. The van der Waals surface area contributed by atoms with Gasteiger partial charge in [-0.3, -0.25) is 14.4 Å². The van der Waals surface area contributed by atoms with Crippen molar-refractivity contribution in [2.75, 3.05) is 23.0 Å². The number of thiazole rings is 1. The van der Waals surface area contributed by atoms with Crippen molar-refractivity contribution in [2.45, 2.75) is 11.8 Å². The van der Waals surface area contributed by atoms with Gasteiger partial charge in [-0.2, -0.15) is 0 Å². The van der Waals surface area contributed by atoms with Gasteiger partial charge < -0.3 is 20.7 Å². The second-order valence-electron chi connectivity index (χ2n) is 9.74. The number of carbonyl (C=O) groups excluding carboxylic acids is 3. The highest BCUT2D eigenvalue weighted by Crippen LogP contribution is 2.27. The van der Waals surface area contributed by atoms with Gasteiger partial charge in [0, 0.05) is 32.1 Å². The van der Waals surface area contributed by atoms with Gasteiger partial charge in [0.1, 0.15) is 11.4 Å². The Labute approximate surface area is 279 Å². The summed E-state index contributed by atoms with van der Waals surface area (Å²) in [6.45, 7) is 2.44. The third kappa shape index (κ3) is 9.31. The van der Waals surface area contributed by atoms with Gasteiger partial charge in [-0.25, -0.2) is 4.98 Å². The van der Waals surface area contributed by atoms with Crippen molar-refractivity contribution < 1.29 is 19.1 Å². The lowest BCUT2D eigenvalue weighted by atomic mass is 10.1. The Morgan fingerprint density at radius 2 is 1.67 bits per heavy atom. The average molecular weight is 669 g/mol. The molecule has 46 heavy (non-hydrogen) atoms. The summed E-state index contributed by atoms with van der Waals surface area (Å²) >= 11 is 8.63. The van der Waals surface area contributed by atoms with Gasteiger partial charge >= 0.3 is 0 Å². The molecule has 3 N–H and O–H groups in total. The largest absolute Gasteiger partial charge is 0.494 e. The van der Waals surface area contributed by atoms with E-state index in [-0.39, 0.29) is 17.4 Å². The molecule has 0 aliphatic carbocycles. The minimum atomic E-state index is -0.502. The highest BCUT2D eigenvalue weighted by molar-refractivity contribution is 8.00. The summed E-state index contributed by atoms with van der Waals surface area (Å²) in [6, 6.07) is 30.4. The van der Waals surface area contributed by atoms with Gasteiger partial charge in [0.25, 0.3) is 11.8 Å². The lowest BCUT2D eigenvalue weighted by Crippen LogP contribution is -2.30. The van der Waals surface area contributed by atoms with Crippen LogP contribution in [0.5, 0.6) is 5.75 Å². The second kappa shape index (κ2) is 15.9. The number of nitrogens with zero attached hydrogens (tertiary/aromatic N) is 1. The average Bonchev–Trinajstić information content (AvgIpc) is 3.53. The van der Waals surface area contributed by atoms with Gasteiger partial charge in [0.05, 0.1) is 18.1 Å². The first-order valence-corrected chi connectivity index (χ1v) is 16.5. The smallest absolute Gasteiger partial charge is 0.272 e. The summed E-state index contributed by atoms with van der Waals surface area (Å²) in [6.07, 6.45) is 1.60. The zero-order chi connectivity index (χ0) is 32.3. The first-order chi connectivity index (χ1) is 22.4. The van der Waals surface area contributed by atoms with E-state index in [0.717, 1.165) is 16.2 Å². The molecule has 8 nitrogen and oxygen atoms in total. The predicted molar refractivity (Wildman–Crippen MR) is 186 cm³/mol. The van der Waals surface area contributed by atoms with E-state index in [1.165, 1.54) is 23.1 Å². The van der Waals surface area contributed by atoms with Crippen LogP contribution < -0.4 is 20.7 Å². The lowest BCUT2D eigenvalue weighted by Gasteiger charge is -2.12. The number of benzene rings is 4. The zero-order valence-electron chi connectivity index (χ0n) is 24.7. The number of rotatable bonds is 12. The van der Waals surface area contributed by atoms with E-state index in [0.29, 0.717) is 39.3 Å². The number of aromatic nitrogens is 1. The Balaban J connectivity index is 1.23. The second-order valence-corrected chi connectivity index (χ2v) is 12.1. The van der Waals surface area contributed by atoms with Gasteiger partial charge in [-0.1, -0.05) is 60.1 Å². The fourth-order valence-corrected chi connectivity index (χ4v) is 5.80. The van der Waals surface area contributed by atoms with Crippen molar-refractivity contribution in [1.29, 1.82) is 0 Å². The molecule has 0 aliphatic rings. The quantitative estimate of drug-likeness (QED) is 0.0918. The molecule has 232 valence electrons. The molecule has 3 amide bonds. The molecule has 0 saturated carbocycles. The Bertz CT molecular complexity index is 1840. The highest BCUT2D eigenvalue weighted by atomic mass is 35.5. The lowest BCUT2D eigenvalue weighted by molar-refractivity contribution is -0.114. The van der Waals surface area contributed by atoms with E-state index in [2.05, 4.69) is 20.9 Å². The van der Waals surface area contributed by atoms with Gasteiger partial charge in [0.15, 0.2) is 5.13 Å². The van der Waals surface area contributed by atoms with Gasteiger partial charge in [-0.15, -0.1) is 23.1 Å². The molecule has 0 radical (unpaired) electrons. The zero-order valence-corrected chi connectivity index (χ0v) is 27.0. The number of carbonyl (C=O) groups is 3. The Morgan fingerprint density at radius 1 is 0.913 bits per heavy atom. The van der Waals surface area contributed by atoms with Gasteiger partial charge in [-0.05, 0) is 73.2 Å². The van der Waals surface area contributed by atoms with Crippen LogP contribution in [0.1, 0.15) is 22.8 Å². The monoisotopic (exact) mass is 668 g/mol. The molecule has 0 aliphatic heterocycles. The summed E-state index contributed by atoms with van der Waals surface area (Å²) in [5, 5.41) is 11.5. The Hall–Kier alpha value is -4.90. The van der Waals surface area contributed by atoms with Gasteiger partial charge in [0.2, 0.25) is 5.91 Å². The maximum absolute atomic E-state index is 13.5. The highest BCUT2D eigenvalue weighted by Gasteiger charge is 2.16. The minimum absolute atomic E-state index is 0.0665. The van der Waals surface area contributed by atoms with Crippen molar-refractivity contribution in [3.8, 4) is 17.0 Å². The van der Waals surface area contributed by atoms with Crippen molar-refractivity contribution in [2.24, 2.45) is 0 Å². The summed E-state index contributed by atoms with van der Waals surface area (Å²) in [7, 11) is 0. The molecule has 11 heteroatoms. The van der Waals surface area contributed by atoms with Crippen molar-refractivity contribution in [3.63, 3.8) is 0 Å². The Morgan fingerprint density at radius 3 is 2.41 bits per heavy atom. The predicted octanol–water partition coefficient (Wildman–Crippen LogP) is 8.00. The van der Waals surface area contributed by atoms with E-state index in [4.69, 9.17) is 16.3 Å². The van der Waals surface area contributed by atoms with Crippen LogP contribution in [0, 0.1) is 0 Å². The van der Waals surface area contributed by atoms with E-state index in [9.17, 15) is 14.4 Å². The molecule has 0 unspecified atom stereocenters. The summed E-state index contributed by atoms with van der Waals surface area (Å²) in [5.74, 6) is -0.275. The number of anilines is 2. The van der Waals surface area contributed by atoms with Crippen LogP contribution in [0.15, 0.2) is 119 Å². The number of halogens is 1. The molecular formula is C35H29ClN4O4S2. The van der Waals surface area contributed by atoms with E-state index in [1.807, 2.05) is 36.6 Å². The Kier molecular flexibility index (Phi) is 11.2. The van der Waals surface area contributed by atoms with Crippen LogP contribution in [0.3, 0.4) is 0 Å². The SMILES string of the molecule is CCOc1ccc(/C=C(/NC(=O)c2ccccc2)C(=O)Nc2cccc(SCC(=O)Nc3nc(-c4ccc(Cl)cc4)cs3)c2)cc1. The molecule has 0 bridgehead atoms. The van der Waals surface area contributed by atoms with Crippen LogP contribution in [-0.2, 0) is 9.59 Å². The minimum Gasteiger partial charge on any atom is -0.494 e. The van der Waals surface area contributed by atoms with Crippen molar-refractivity contribution in [3.05, 3.63) is 130 Å². The standard InChI is InChI=1S/C35H29ClN4O4S2/c1-2-44-28-17-11-23(12-18-28)19-30(38-33(42)25-7-4-3-5-8-25)34(43)37-27-9-6-10-29(20-27)45-22-32(41)40-35-39-31(21-46-35)24-13-15-26(36)16-14-24/h3-21H,2,22H2,1H3,(H,37,43)(H,38,42)(H,39,40,41)/b30-19+. The van der Waals surface area contributed by atoms with Crippen LogP contribution in [0.25, 0.3) is 17.3 Å². The summed E-state index contributed by atoms with van der Waals surface area (Å²) in [4.78, 5) is 44.4. The fraction of sp³-hybridized carbons (Fsp3) is 0.0857. The number of amides is 3. The normalized spacial score (nSPS) is 11.0. The van der Waals surface area contributed by atoms with E-state index < -0.39 is 11.8 Å². The third-order valence-corrected chi connectivity index (χ3v) is 8.39. The molecule has 5 rings (SSSR count). The molecule has 4 aromatic carbocycles. The molecule has 0 fully saturated rings. The van der Waals surface area contributed by atoms with Crippen molar-refractivity contribution in [1.82, 2.24) is 10.3 Å². The maximum Gasteiger partial charge on any atom is 0.272 e. The van der Waals surface area contributed by atoms with Crippen LogP contribution >= 0.6 is 34.7 Å². The first-order valence-electron chi connectivity index (χ1n) is 14.2.